The largest absolute Gasteiger partial charge is 0.493 e. The van der Waals surface area contributed by atoms with Crippen LogP contribution in [-0.4, -0.2) is 30.5 Å². The van der Waals surface area contributed by atoms with Crippen molar-refractivity contribution in [3.05, 3.63) is 84.2 Å². The number of pyridine rings is 1. The van der Waals surface area contributed by atoms with E-state index in [4.69, 9.17) is 9.47 Å². The van der Waals surface area contributed by atoms with Crippen LogP contribution in [0.1, 0.15) is 15.9 Å². The average molecular weight is 391 g/mol. The third kappa shape index (κ3) is 5.55. The van der Waals surface area contributed by atoms with E-state index in [1.54, 1.807) is 42.6 Å². The van der Waals surface area contributed by atoms with Gasteiger partial charge in [-0.05, 0) is 35.9 Å². The maximum Gasteiger partial charge on any atom is 0.262 e. The Labute approximate surface area is 168 Å². The highest BCUT2D eigenvalue weighted by atomic mass is 16.5. The maximum atomic E-state index is 12.3. The van der Waals surface area contributed by atoms with E-state index in [-0.39, 0.29) is 25.0 Å². The minimum Gasteiger partial charge on any atom is -0.493 e. The van der Waals surface area contributed by atoms with Gasteiger partial charge in [0.05, 0.1) is 12.7 Å². The van der Waals surface area contributed by atoms with E-state index in [1.165, 1.54) is 13.3 Å². The second-order valence-electron chi connectivity index (χ2n) is 6.07. The molecule has 7 heteroatoms. The van der Waals surface area contributed by atoms with Crippen LogP contribution in [0.4, 0.5) is 5.69 Å². The molecule has 0 atom stereocenters. The van der Waals surface area contributed by atoms with E-state index in [9.17, 15) is 9.59 Å². The summed E-state index contributed by atoms with van der Waals surface area (Å²) in [6, 6.07) is 17.7. The Morgan fingerprint density at radius 2 is 1.72 bits per heavy atom. The molecule has 2 N–H and O–H groups in total. The van der Waals surface area contributed by atoms with Crippen LogP contribution in [0.3, 0.4) is 0 Å². The zero-order chi connectivity index (χ0) is 20.5. The molecule has 0 saturated heterocycles. The summed E-state index contributed by atoms with van der Waals surface area (Å²) in [4.78, 5) is 28.5. The first-order valence-corrected chi connectivity index (χ1v) is 8.99. The van der Waals surface area contributed by atoms with Crippen molar-refractivity contribution in [3.63, 3.8) is 0 Å². The van der Waals surface area contributed by atoms with E-state index in [1.807, 2.05) is 24.3 Å². The fourth-order valence-corrected chi connectivity index (χ4v) is 2.64. The van der Waals surface area contributed by atoms with Gasteiger partial charge in [-0.1, -0.05) is 30.3 Å². The fraction of sp³-hybridized carbons (Fsp3) is 0.136. The van der Waals surface area contributed by atoms with Gasteiger partial charge in [-0.25, -0.2) is 0 Å². The number of para-hydroxylation sites is 3. The topological polar surface area (TPSA) is 89.5 Å². The van der Waals surface area contributed by atoms with Gasteiger partial charge in [-0.2, -0.15) is 0 Å². The number of methoxy groups -OCH3 is 1. The van der Waals surface area contributed by atoms with Crippen molar-refractivity contribution in [2.45, 2.75) is 6.54 Å². The van der Waals surface area contributed by atoms with Crippen molar-refractivity contribution in [1.82, 2.24) is 10.3 Å². The van der Waals surface area contributed by atoms with Gasteiger partial charge in [-0.15, -0.1) is 0 Å². The molecule has 148 valence electrons. The number of carbonyl (C=O) groups is 2. The lowest BCUT2D eigenvalue weighted by Crippen LogP contribution is -2.25. The smallest absolute Gasteiger partial charge is 0.262 e. The molecule has 0 unspecified atom stereocenters. The van der Waals surface area contributed by atoms with Crippen molar-refractivity contribution < 1.29 is 19.1 Å². The first-order chi connectivity index (χ1) is 14.2. The van der Waals surface area contributed by atoms with Gasteiger partial charge in [0.1, 0.15) is 0 Å². The molecule has 2 aromatic carbocycles. The Morgan fingerprint density at radius 3 is 2.48 bits per heavy atom. The molecule has 1 aromatic heterocycles. The SMILES string of the molecule is COc1ccccc1OCC(=O)Nc1ccccc1CNC(=O)c1cccnc1. The number of carbonyl (C=O) groups excluding carboxylic acids is 2. The molecule has 7 nitrogen and oxygen atoms in total. The second-order valence-corrected chi connectivity index (χ2v) is 6.07. The summed E-state index contributed by atoms with van der Waals surface area (Å²) >= 11 is 0. The highest BCUT2D eigenvalue weighted by Crippen LogP contribution is 2.25. The van der Waals surface area contributed by atoms with Crippen LogP contribution in [0, 0.1) is 0 Å². The molecule has 0 aliphatic heterocycles. The number of amides is 2. The van der Waals surface area contributed by atoms with Crippen molar-refractivity contribution >= 4 is 17.5 Å². The van der Waals surface area contributed by atoms with E-state index in [0.717, 1.165) is 5.56 Å². The fourth-order valence-electron chi connectivity index (χ4n) is 2.64. The molecule has 1 heterocycles. The Bertz CT molecular complexity index is 977. The van der Waals surface area contributed by atoms with Crippen LogP contribution >= 0.6 is 0 Å². The molecule has 0 spiro atoms. The number of hydrogen-bond acceptors (Lipinski definition) is 5. The molecule has 0 aliphatic rings. The Kier molecular flexibility index (Phi) is 6.78. The quantitative estimate of drug-likeness (QED) is 0.616. The van der Waals surface area contributed by atoms with Gasteiger partial charge < -0.3 is 20.1 Å². The van der Waals surface area contributed by atoms with Crippen LogP contribution in [0.5, 0.6) is 11.5 Å². The van der Waals surface area contributed by atoms with Crippen LogP contribution in [0.2, 0.25) is 0 Å². The number of benzene rings is 2. The lowest BCUT2D eigenvalue weighted by Gasteiger charge is -2.13. The summed E-state index contributed by atoms with van der Waals surface area (Å²) in [5, 5.41) is 5.64. The maximum absolute atomic E-state index is 12.3. The highest BCUT2D eigenvalue weighted by molar-refractivity contribution is 5.94. The molecule has 0 fully saturated rings. The molecule has 0 bridgehead atoms. The van der Waals surface area contributed by atoms with Crippen molar-refractivity contribution in [1.29, 1.82) is 0 Å². The van der Waals surface area contributed by atoms with Gasteiger partial charge >= 0.3 is 0 Å². The predicted octanol–water partition coefficient (Wildman–Crippen LogP) is 3.04. The van der Waals surface area contributed by atoms with E-state index >= 15 is 0 Å². The molecular weight excluding hydrogens is 370 g/mol. The minimum absolute atomic E-state index is 0.170. The standard InChI is InChI=1S/C22H21N3O4/c1-28-19-10-4-5-11-20(19)29-15-21(26)25-18-9-3-2-7-16(18)14-24-22(27)17-8-6-12-23-13-17/h2-13H,14-15H2,1H3,(H,24,27)(H,25,26). The normalized spacial score (nSPS) is 10.1. The molecule has 0 radical (unpaired) electrons. The summed E-state index contributed by atoms with van der Waals surface area (Å²) < 4.78 is 10.7. The summed E-state index contributed by atoms with van der Waals surface area (Å²) in [6.07, 6.45) is 3.10. The number of nitrogens with one attached hydrogen (secondary N) is 2. The summed E-state index contributed by atoms with van der Waals surface area (Å²) in [7, 11) is 1.54. The van der Waals surface area contributed by atoms with Crippen LogP contribution in [0.15, 0.2) is 73.1 Å². The number of aromatic nitrogens is 1. The molecule has 3 aromatic rings. The second kappa shape index (κ2) is 9.89. The summed E-state index contributed by atoms with van der Waals surface area (Å²) in [5.74, 6) is 0.488. The first kappa shape index (κ1) is 19.9. The monoisotopic (exact) mass is 391 g/mol. The molecule has 3 rings (SSSR count). The number of anilines is 1. The zero-order valence-corrected chi connectivity index (χ0v) is 15.9. The number of nitrogens with zero attached hydrogens (tertiary/aromatic N) is 1. The van der Waals surface area contributed by atoms with Crippen molar-refractivity contribution in [3.8, 4) is 11.5 Å². The Balaban J connectivity index is 1.58. The predicted molar refractivity (Wildman–Crippen MR) is 109 cm³/mol. The number of rotatable bonds is 8. The average Bonchev–Trinajstić information content (AvgIpc) is 2.77. The first-order valence-electron chi connectivity index (χ1n) is 8.99. The third-order valence-corrected chi connectivity index (χ3v) is 4.08. The third-order valence-electron chi connectivity index (χ3n) is 4.08. The van der Waals surface area contributed by atoms with E-state index in [0.29, 0.717) is 22.7 Å². The van der Waals surface area contributed by atoms with E-state index < -0.39 is 0 Å². The zero-order valence-electron chi connectivity index (χ0n) is 15.9. The molecule has 2 amide bonds. The van der Waals surface area contributed by atoms with Gasteiger partial charge in [0.2, 0.25) is 0 Å². The molecule has 0 aliphatic carbocycles. The number of ether oxygens (including phenoxy) is 2. The summed E-state index contributed by atoms with van der Waals surface area (Å²) in [6.45, 7) is 0.0916. The van der Waals surface area contributed by atoms with E-state index in [2.05, 4.69) is 15.6 Å². The lowest BCUT2D eigenvalue weighted by molar-refractivity contribution is -0.118. The number of hydrogen-bond donors (Lipinski definition) is 2. The van der Waals surface area contributed by atoms with Crippen LogP contribution < -0.4 is 20.1 Å². The molecule has 0 saturated carbocycles. The van der Waals surface area contributed by atoms with Gasteiger partial charge in [-0.3, -0.25) is 14.6 Å². The van der Waals surface area contributed by atoms with Gasteiger partial charge in [0.25, 0.3) is 11.8 Å². The van der Waals surface area contributed by atoms with Gasteiger partial charge in [0.15, 0.2) is 18.1 Å². The highest BCUT2D eigenvalue weighted by Gasteiger charge is 2.11. The molecular formula is C22H21N3O4. The Morgan fingerprint density at radius 1 is 0.966 bits per heavy atom. The molecule has 29 heavy (non-hydrogen) atoms. The van der Waals surface area contributed by atoms with Crippen molar-refractivity contribution in [2.75, 3.05) is 19.0 Å². The summed E-state index contributed by atoms with van der Waals surface area (Å²) in [5.41, 5.74) is 1.85. The van der Waals surface area contributed by atoms with Crippen molar-refractivity contribution in [2.24, 2.45) is 0 Å². The van der Waals surface area contributed by atoms with Crippen LogP contribution in [-0.2, 0) is 11.3 Å². The Hall–Kier alpha value is -3.87. The minimum atomic E-state index is -0.318. The van der Waals surface area contributed by atoms with Crippen LogP contribution in [0.25, 0.3) is 0 Å². The van der Waals surface area contributed by atoms with Gasteiger partial charge in [0, 0.05) is 24.6 Å². The lowest BCUT2D eigenvalue weighted by atomic mass is 10.1.